The van der Waals surface area contributed by atoms with Gasteiger partial charge in [-0.1, -0.05) is 39.8 Å². The van der Waals surface area contributed by atoms with Crippen LogP contribution in [-0.2, 0) is 19.2 Å². The molecule has 0 spiro atoms. The smallest absolute Gasteiger partial charge is 0.336 e. The first-order valence-corrected chi connectivity index (χ1v) is 13.0. The quantitative estimate of drug-likeness (QED) is 0.124. The first-order valence-electron chi connectivity index (χ1n) is 13.0. The third-order valence-electron chi connectivity index (χ3n) is 6.97. The molecule has 0 radical (unpaired) electrons. The molecule has 0 aromatic carbocycles. The van der Waals surface area contributed by atoms with Crippen molar-refractivity contribution in [3.63, 3.8) is 0 Å². The fourth-order valence-electron chi connectivity index (χ4n) is 4.67. The summed E-state index contributed by atoms with van der Waals surface area (Å²) in [6, 6.07) is -3.71. The SMILES string of the molecule is CC(C)C[C@H](N)C(=O)N[C@H](C(=O)O)[C@H]1C=CCCC1.CC(C)[C@H](N)C(=O)NC1(C(=O)O)CCCC1[N+](=O)[O-]. The summed E-state index contributed by atoms with van der Waals surface area (Å²) in [6.07, 6.45) is 7.70. The van der Waals surface area contributed by atoms with Crippen molar-refractivity contribution in [2.75, 3.05) is 0 Å². The van der Waals surface area contributed by atoms with Crippen molar-refractivity contribution in [1.29, 1.82) is 0 Å². The number of aliphatic carboxylic acids is 2. The molecule has 0 aromatic rings. The Labute approximate surface area is 222 Å². The summed E-state index contributed by atoms with van der Waals surface area (Å²) in [5.74, 6) is -3.43. The number of allylic oxidation sites excluding steroid dienone is 1. The second-order valence-electron chi connectivity index (χ2n) is 10.8. The number of carbonyl (C=O) groups is 4. The van der Waals surface area contributed by atoms with Crippen molar-refractivity contribution >= 4 is 23.8 Å². The number of nitro groups is 1. The maximum Gasteiger partial charge on any atom is 0.336 e. The van der Waals surface area contributed by atoms with Crippen LogP contribution in [0.1, 0.15) is 72.6 Å². The van der Waals surface area contributed by atoms with E-state index in [2.05, 4.69) is 10.6 Å². The van der Waals surface area contributed by atoms with E-state index >= 15 is 0 Å². The van der Waals surface area contributed by atoms with Crippen LogP contribution in [0.5, 0.6) is 0 Å². The van der Waals surface area contributed by atoms with Gasteiger partial charge in [0.05, 0.1) is 12.1 Å². The number of amides is 2. The minimum absolute atomic E-state index is 0.0462. The highest BCUT2D eigenvalue weighted by molar-refractivity contribution is 5.90. The number of carbonyl (C=O) groups excluding carboxylic acids is 2. The van der Waals surface area contributed by atoms with E-state index in [-0.39, 0.29) is 30.6 Å². The van der Waals surface area contributed by atoms with Gasteiger partial charge in [0, 0.05) is 17.3 Å². The van der Waals surface area contributed by atoms with Crippen LogP contribution in [0.2, 0.25) is 0 Å². The average Bonchev–Trinajstić information content (AvgIpc) is 3.27. The van der Waals surface area contributed by atoms with Gasteiger partial charge in [-0.05, 0) is 50.4 Å². The van der Waals surface area contributed by atoms with Gasteiger partial charge in [-0.25, -0.2) is 9.59 Å². The molecule has 1 fully saturated rings. The lowest BCUT2D eigenvalue weighted by Crippen LogP contribution is -2.64. The fourth-order valence-corrected chi connectivity index (χ4v) is 4.67. The van der Waals surface area contributed by atoms with Gasteiger partial charge < -0.3 is 32.3 Å². The molecule has 216 valence electrons. The summed E-state index contributed by atoms with van der Waals surface area (Å²) in [5, 5.41) is 34.4. The van der Waals surface area contributed by atoms with Crippen molar-refractivity contribution in [3.8, 4) is 0 Å². The first-order chi connectivity index (χ1) is 17.6. The number of hydrogen-bond donors (Lipinski definition) is 6. The largest absolute Gasteiger partial charge is 0.480 e. The molecular formula is C25H43N5O8. The minimum Gasteiger partial charge on any atom is -0.480 e. The number of carboxylic acids is 2. The summed E-state index contributed by atoms with van der Waals surface area (Å²) in [5.41, 5.74) is 9.58. The molecule has 6 atom stereocenters. The van der Waals surface area contributed by atoms with Crippen LogP contribution in [0.3, 0.4) is 0 Å². The molecule has 0 aromatic heterocycles. The predicted molar refractivity (Wildman–Crippen MR) is 139 cm³/mol. The lowest BCUT2D eigenvalue weighted by Gasteiger charge is -2.29. The van der Waals surface area contributed by atoms with Crippen molar-refractivity contribution in [1.82, 2.24) is 10.6 Å². The number of nitrogens with zero attached hydrogens (tertiary/aromatic N) is 1. The van der Waals surface area contributed by atoms with Crippen LogP contribution in [0.25, 0.3) is 0 Å². The summed E-state index contributed by atoms with van der Waals surface area (Å²) in [7, 11) is 0. The van der Waals surface area contributed by atoms with Gasteiger partial charge in [-0.15, -0.1) is 0 Å². The molecule has 0 heterocycles. The lowest BCUT2D eigenvalue weighted by molar-refractivity contribution is -0.528. The second-order valence-corrected chi connectivity index (χ2v) is 10.8. The molecule has 2 aliphatic carbocycles. The third kappa shape index (κ3) is 9.05. The van der Waals surface area contributed by atoms with Gasteiger partial charge in [0.2, 0.25) is 23.4 Å². The Morgan fingerprint density at radius 1 is 1.08 bits per heavy atom. The van der Waals surface area contributed by atoms with Crippen molar-refractivity contribution in [2.45, 2.75) is 102 Å². The van der Waals surface area contributed by atoms with E-state index in [1.165, 1.54) is 0 Å². The molecule has 13 nitrogen and oxygen atoms in total. The standard InChI is InChI=1S/C14H24N2O3.C11H19N3O5/c1-9(2)8-11(15)13(17)16-12(14(18)19)10-6-4-3-5-7-10;1-6(2)8(12)9(15)13-11(10(16)17)5-3-4-7(11)14(18)19/h4,6,9-12H,3,5,7-8,15H2,1-2H3,(H,16,17)(H,18,19);6-8H,3-5,12H2,1-2H3,(H,13,15)(H,16,17)/t10-,11-,12-;7?,8-,11?/m00/s1. The minimum atomic E-state index is -1.84. The Kier molecular flexibility index (Phi) is 12.8. The monoisotopic (exact) mass is 541 g/mol. The van der Waals surface area contributed by atoms with Gasteiger partial charge >= 0.3 is 11.9 Å². The Bertz CT molecular complexity index is 893. The molecule has 2 unspecified atom stereocenters. The normalized spacial score (nSPS) is 25.1. The second kappa shape index (κ2) is 14.8. The zero-order chi connectivity index (χ0) is 29.2. The summed E-state index contributed by atoms with van der Waals surface area (Å²) >= 11 is 0. The highest BCUT2D eigenvalue weighted by Crippen LogP contribution is 2.32. The topological polar surface area (TPSA) is 228 Å². The van der Waals surface area contributed by atoms with E-state index in [0.717, 1.165) is 19.3 Å². The van der Waals surface area contributed by atoms with E-state index in [0.29, 0.717) is 18.8 Å². The van der Waals surface area contributed by atoms with E-state index in [1.54, 1.807) is 13.8 Å². The van der Waals surface area contributed by atoms with Gasteiger partial charge in [0.25, 0.3) is 0 Å². The Morgan fingerprint density at radius 3 is 2.16 bits per heavy atom. The zero-order valence-electron chi connectivity index (χ0n) is 22.6. The Balaban J connectivity index is 0.000000380. The van der Waals surface area contributed by atoms with Crippen LogP contribution in [0.15, 0.2) is 12.2 Å². The molecule has 0 saturated heterocycles. The maximum absolute atomic E-state index is 11.9. The number of carboxylic acid groups (broad SMARTS) is 2. The summed E-state index contributed by atoms with van der Waals surface area (Å²) in [6.45, 7) is 7.39. The third-order valence-corrected chi connectivity index (χ3v) is 6.97. The predicted octanol–water partition coefficient (Wildman–Crippen LogP) is 1.02. The van der Waals surface area contributed by atoms with Gasteiger partial charge in [0.15, 0.2) is 0 Å². The molecule has 8 N–H and O–H groups in total. The Morgan fingerprint density at radius 2 is 1.71 bits per heavy atom. The first kappa shape index (κ1) is 33.0. The molecule has 38 heavy (non-hydrogen) atoms. The summed E-state index contributed by atoms with van der Waals surface area (Å²) in [4.78, 5) is 56.8. The van der Waals surface area contributed by atoms with Crippen LogP contribution in [0, 0.1) is 27.9 Å². The zero-order valence-corrected chi connectivity index (χ0v) is 22.6. The van der Waals surface area contributed by atoms with Crippen LogP contribution in [-0.4, -0.2) is 68.6 Å². The lowest BCUT2D eigenvalue weighted by atomic mass is 9.89. The van der Waals surface area contributed by atoms with Crippen LogP contribution in [0.4, 0.5) is 0 Å². The van der Waals surface area contributed by atoms with Crippen LogP contribution >= 0.6 is 0 Å². The number of nitrogens with one attached hydrogen (secondary N) is 2. The van der Waals surface area contributed by atoms with Crippen molar-refractivity contribution < 1.29 is 34.3 Å². The summed E-state index contributed by atoms with van der Waals surface area (Å²) < 4.78 is 0. The molecule has 1 saturated carbocycles. The van der Waals surface area contributed by atoms with Gasteiger partial charge in [-0.3, -0.25) is 19.7 Å². The molecule has 2 rings (SSSR count). The van der Waals surface area contributed by atoms with Crippen molar-refractivity contribution in [2.24, 2.45) is 29.2 Å². The van der Waals surface area contributed by atoms with Crippen molar-refractivity contribution in [3.05, 3.63) is 22.3 Å². The fraction of sp³-hybridized carbons (Fsp3) is 0.760. The van der Waals surface area contributed by atoms with Gasteiger partial charge in [-0.2, -0.15) is 0 Å². The van der Waals surface area contributed by atoms with E-state index in [1.807, 2.05) is 26.0 Å². The molecular weight excluding hydrogens is 498 g/mol. The molecule has 2 aliphatic rings. The number of hydrogen-bond acceptors (Lipinski definition) is 8. The van der Waals surface area contributed by atoms with E-state index in [4.69, 9.17) is 11.5 Å². The number of nitrogens with two attached hydrogens (primary N) is 2. The molecule has 0 aliphatic heterocycles. The maximum atomic E-state index is 11.9. The molecule has 13 heteroatoms. The van der Waals surface area contributed by atoms with Crippen LogP contribution < -0.4 is 22.1 Å². The molecule has 0 bridgehead atoms. The number of rotatable bonds is 11. The van der Waals surface area contributed by atoms with E-state index in [9.17, 15) is 39.5 Å². The average molecular weight is 542 g/mol. The Hall–Kier alpha value is -3.06. The molecule has 2 amide bonds. The highest BCUT2D eigenvalue weighted by Gasteiger charge is 2.58. The highest BCUT2D eigenvalue weighted by atomic mass is 16.6. The van der Waals surface area contributed by atoms with E-state index < -0.39 is 52.5 Å². The van der Waals surface area contributed by atoms with Gasteiger partial charge in [0.1, 0.15) is 6.04 Å².